The minimum Gasteiger partial charge on any atom is -0.353 e. The van der Waals surface area contributed by atoms with Gasteiger partial charge in [0.15, 0.2) is 0 Å². The number of carbonyl (C=O) groups is 1. The Morgan fingerprint density at radius 3 is 2.44 bits per heavy atom. The maximum absolute atomic E-state index is 12.2. The Labute approximate surface area is 111 Å². The summed E-state index contributed by atoms with van der Waals surface area (Å²) < 4.78 is 0. The van der Waals surface area contributed by atoms with Gasteiger partial charge in [0.05, 0.1) is 5.92 Å². The first-order chi connectivity index (χ1) is 8.77. The van der Waals surface area contributed by atoms with Gasteiger partial charge in [-0.3, -0.25) is 4.79 Å². The van der Waals surface area contributed by atoms with E-state index in [1.807, 2.05) is 0 Å². The maximum Gasteiger partial charge on any atom is 0.224 e. The van der Waals surface area contributed by atoms with E-state index in [4.69, 9.17) is 0 Å². The van der Waals surface area contributed by atoms with Crippen LogP contribution in [0, 0.1) is 11.8 Å². The molecule has 1 aliphatic carbocycles. The van der Waals surface area contributed by atoms with Gasteiger partial charge >= 0.3 is 0 Å². The zero-order valence-corrected chi connectivity index (χ0v) is 11.7. The van der Waals surface area contributed by atoms with Crippen LogP contribution >= 0.6 is 0 Å². The molecule has 18 heavy (non-hydrogen) atoms. The van der Waals surface area contributed by atoms with E-state index in [-0.39, 0.29) is 11.8 Å². The quantitative estimate of drug-likeness (QED) is 0.758. The van der Waals surface area contributed by atoms with Gasteiger partial charge in [0, 0.05) is 12.6 Å². The molecule has 2 N–H and O–H groups in total. The SMILES string of the molecule is C[C@@H](NC(=O)[C@H]1CCCNC1)C1CCCCCC1. The van der Waals surface area contributed by atoms with Gasteiger partial charge in [0.25, 0.3) is 0 Å². The fourth-order valence-electron chi connectivity index (χ4n) is 3.35. The van der Waals surface area contributed by atoms with Crippen molar-refractivity contribution in [1.82, 2.24) is 10.6 Å². The molecule has 3 heteroatoms. The van der Waals surface area contributed by atoms with E-state index in [2.05, 4.69) is 17.6 Å². The lowest BCUT2D eigenvalue weighted by molar-refractivity contribution is -0.126. The maximum atomic E-state index is 12.2. The monoisotopic (exact) mass is 252 g/mol. The number of hydrogen-bond donors (Lipinski definition) is 2. The average molecular weight is 252 g/mol. The van der Waals surface area contributed by atoms with E-state index in [1.54, 1.807) is 0 Å². The van der Waals surface area contributed by atoms with Crippen molar-refractivity contribution in [2.45, 2.75) is 64.3 Å². The minimum absolute atomic E-state index is 0.201. The number of carbonyl (C=O) groups excluding carboxylic acids is 1. The van der Waals surface area contributed by atoms with Gasteiger partial charge < -0.3 is 10.6 Å². The van der Waals surface area contributed by atoms with Crippen LogP contribution in [0.2, 0.25) is 0 Å². The van der Waals surface area contributed by atoms with Crippen molar-refractivity contribution in [3.05, 3.63) is 0 Å². The zero-order chi connectivity index (χ0) is 12.8. The van der Waals surface area contributed by atoms with Crippen LogP contribution in [0.25, 0.3) is 0 Å². The lowest BCUT2D eigenvalue weighted by Gasteiger charge is -2.27. The van der Waals surface area contributed by atoms with Gasteiger partial charge in [-0.1, -0.05) is 25.7 Å². The molecule has 0 aromatic heterocycles. The Morgan fingerprint density at radius 2 is 1.83 bits per heavy atom. The van der Waals surface area contributed by atoms with Crippen molar-refractivity contribution < 1.29 is 4.79 Å². The molecule has 2 aliphatic rings. The molecule has 3 nitrogen and oxygen atoms in total. The predicted octanol–water partition coefficient (Wildman–Crippen LogP) is 2.46. The van der Waals surface area contributed by atoms with E-state index >= 15 is 0 Å². The smallest absolute Gasteiger partial charge is 0.224 e. The minimum atomic E-state index is 0.201. The van der Waals surface area contributed by atoms with Crippen LogP contribution in [0.15, 0.2) is 0 Å². The summed E-state index contributed by atoms with van der Waals surface area (Å²) in [6.45, 7) is 4.13. The molecule has 2 rings (SSSR count). The predicted molar refractivity (Wildman–Crippen MR) is 74.4 cm³/mol. The average Bonchev–Trinajstić information content (AvgIpc) is 2.68. The van der Waals surface area contributed by atoms with Gasteiger partial charge in [0.2, 0.25) is 5.91 Å². The highest BCUT2D eigenvalue weighted by Gasteiger charge is 2.25. The Hall–Kier alpha value is -0.570. The Bertz CT molecular complexity index is 253. The molecule has 0 radical (unpaired) electrons. The molecule has 1 saturated carbocycles. The van der Waals surface area contributed by atoms with Crippen molar-refractivity contribution >= 4 is 5.91 Å². The molecule has 1 saturated heterocycles. The summed E-state index contributed by atoms with van der Waals surface area (Å²) in [5, 5.41) is 6.59. The summed E-state index contributed by atoms with van der Waals surface area (Å²) in [5.74, 6) is 1.18. The summed E-state index contributed by atoms with van der Waals surface area (Å²) in [7, 11) is 0. The lowest BCUT2D eigenvalue weighted by Crippen LogP contribution is -2.45. The highest BCUT2D eigenvalue weighted by Crippen LogP contribution is 2.25. The molecule has 0 spiro atoms. The third kappa shape index (κ3) is 3.98. The van der Waals surface area contributed by atoms with Crippen LogP contribution in [0.3, 0.4) is 0 Å². The largest absolute Gasteiger partial charge is 0.353 e. The van der Waals surface area contributed by atoms with Crippen LogP contribution in [0.5, 0.6) is 0 Å². The number of piperidine rings is 1. The second kappa shape index (κ2) is 7.13. The topological polar surface area (TPSA) is 41.1 Å². The molecule has 0 unspecified atom stereocenters. The summed E-state index contributed by atoms with van der Waals surface area (Å²) in [6.07, 6.45) is 10.2. The van der Waals surface area contributed by atoms with E-state index in [0.29, 0.717) is 12.0 Å². The summed E-state index contributed by atoms with van der Waals surface area (Å²) in [4.78, 5) is 12.2. The molecule has 104 valence electrons. The second-order valence-electron chi connectivity index (χ2n) is 6.09. The Kier molecular flexibility index (Phi) is 5.48. The second-order valence-corrected chi connectivity index (χ2v) is 6.09. The molecule has 0 aromatic rings. The number of nitrogens with one attached hydrogen (secondary N) is 2. The van der Waals surface area contributed by atoms with Gasteiger partial charge in [-0.2, -0.15) is 0 Å². The standard InChI is InChI=1S/C15H28N2O/c1-12(13-7-4-2-3-5-8-13)17-15(18)14-9-6-10-16-11-14/h12-14,16H,2-11H2,1H3,(H,17,18)/t12-,14+/m1/s1. The fourth-order valence-corrected chi connectivity index (χ4v) is 3.35. The van der Waals surface area contributed by atoms with Crippen molar-refractivity contribution in [2.24, 2.45) is 11.8 Å². The normalized spacial score (nSPS) is 28.4. The summed E-state index contributed by atoms with van der Waals surface area (Å²) in [6, 6.07) is 0.359. The molecular weight excluding hydrogens is 224 g/mol. The Balaban J connectivity index is 1.77. The zero-order valence-electron chi connectivity index (χ0n) is 11.7. The molecule has 0 aromatic carbocycles. The first-order valence-corrected chi connectivity index (χ1v) is 7.78. The highest BCUT2D eigenvalue weighted by atomic mass is 16.2. The van der Waals surface area contributed by atoms with Gasteiger partial charge in [0.1, 0.15) is 0 Å². The van der Waals surface area contributed by atoms with Crippen molar-refractivity contribution in [3.63, 3.8) is 0 Å². The van der Waals surface area contributed by atoms with Gasteiger partial charge in [-0.15, -0.1) is 0 Å². The van der Waals surface area contributed by atoms with Crippen LogP contribution in [-0.4, -0.2) is 25.0 Å². The Morgan fingerprint density at radius 1 is 1.11 bits per heavy atom. The third-order valence-corrected chi connectivity index (χ3v) is 4.64. The van der Waals surface area contributed by atoms with Crippen LogP contribution < -0.4 is 10.6 Å². The van der Waals surface area contributed by atoms with E-state index in [9.17, 15) is 4.79 Å². The first kappa shape index (κ1) is 13.9. The van der Waals surface area contributed by atoms with Crippen molar-refractivity contribution in [2.75, 3.05) is 13.1 Å². The molecule has 2 fully saturated rings. The molecule has 1 heterocycles. The number of rotatable bonds is 3. The molecule has 1 aliphatic heterocycles. The van der Waals surface area contributed by atoms with Gasteiger partial charge in [-0.05, 0) is 45.1 Å². The number of amides is 1. The molecular formula is C15H28N2O. The first-order valence-electron chi connectivity index (χ1n) is 7.78. The van der Waals surface area contributed by atoms with E-state index < -0.39 is 0 Å². The summed E-state index contributed by atoms with van der Waals surface area (Å²) >= 11 is 0. The summed E-state index contributed by atoms with van der Waals surface area (Å²) in [5.41, 5.74) is 0. The van der Waals surface area contributed by atoms with Crippen LogP contribution in [0.4, 0.5) is 0 Å². The molecule has 2 atom stereocenters. The molecule has 0 bridgehead atoms. The van der Waals surface area contributed by atoms with Gasteiger partial charge in [-0.25, -0.2) is 0 Å². The van der Waals surface area contributed by atoms with Crippen LogP contribution in [-0.2, 0) is 4.79 Å². The van der Waals surface area contributed by atoms with E-state index in [1.165, 1.54) is 38.5 Å². The van der Waals surface area contributed by atoms with Crippen molar-refractivity contribution in [1.29, 1.82) is 0 Å². The highest BCUT2D eigenvalue weighted by molar-refractivity contribution is 5.79. The number of hydrogen-bond acceptors (Lipinski definition) is 2. The van der Waals surface area contributed by atoms with Crippen molar-refractivity contribution in [3.8, 4) is 0 Å². The molecule has 1 amide bonds. The van der Waals surface area contributed by atoms with Crippen LogP contribution in [0.1, 0.15) is 58.3 Å². The third-order valence-electron chi connectivity index (χ3n) is 4.64. The fraction of sp³-hybridized carbons (Fsp3) is 0.933. The lowest BCUT2D eigenvalue weighted by atomic mass is 9.91. The van der Waals surface area contributed by atoms with E-state index in [0.717, 1.165) is 25.9 Å².